The number of halogens is 2. The van der Waals surface area contributed by atoms with Gasteiger partial charge in [0.25, 0.3) is 0 Å². The zero-order valence-electron chi connectivity index (χ0n) is 9.41. The molecule has 0 aliphatic rings. The van der Waals surface area contributed by atoms with Crippen molar-refractivity contribution in [3.05, 3.63) is 58.3 Å². The summed E-state index contributed by atoms with van der Waals surface area (Å²) < 4.78 is 18.9. The maximum atomic E-state index is 13.5. The first-order chi connectivity index (χ1) is 8.06. The van der Waals surface area contributed by atoms with E-state index in [4.69, 9.17) is 21.8 Å². The molecule has 17 heavy (non-hydrogen) atoms. The number of hydrogen-bond acceptors (Lipinski definition) is 2. The first-order valence-electron chi connectivity index (χ1n) is 5.32. The van der Waals surface area contributed by atoms with Crippen LogP contribution in [0.25, 0.3) is 0 Å². The van der Waals surface area contributed by atoms with Crippen LogP contribution in [0, 0.1) is 12.7 Å². The summed E-state index contributed by atoms with van der Waals surface area (Å²) in [6, 6.07) is 7.73. The van der Waals surface area contributed by atoms with Gasteiger partial charge in [-0.3, -0.25) is 0 Å². The van der Waals surface area contributed by atoms with E-state index >= 15 is 0 Å². The first-order valence-corrected chi connectivity index (χ1v) is 5.70. The van der Waals surface area contributed by atoms with Crippen molar-refractivity contribution in [2.75, 3.05) is 0 Å². The molecule has 0 saturated carbocycles. The second-order valence-electron chi connectivity index (χ2n) is 3.99. The molecule has 0 bridgehead atoms. The number of benzene rings is 1. The summed E-state index contributed by atoms with van der Waals surface area (Å²) in [5.41, 5.74) is 6.45. The third-order valence-electron chi connectivity index (χ3n) is 2.57. The molecule has 2 N–H and O–H groups in total. The second kappa shape index (κ2) is 4.90. The van der Waals surface area contributed by atoms with E-state index in [1.54, 1.807) is 6.07 Å². The van der Waals surface area contributed by atoms with Gasteiger partial charge < -0.3 is 10.2 Å². The van der Waals surface area contributed by atoms with Crippen LogP contribution >= 0.6 is 11.6 Å². The Hall–Kier alpha value is -1.32. The molecule has 4 heteroatoms. The lowest BCUT2D eigenvalue weighted by molar-refractivity contribution is 0.442. The molecule has 1 atom stereocenters. The summed E-state index contributed by atoms with van der Waals surface area (Å²) in [6.45, 7) is 1.84. The van der Waals surface area contributed by atoms with Crippen molar-refractivity contribution < 1.29 is 8.81 Å². The molecule has 0 fully saturated rings. The lowest BCUT2D eigenvalue weighted by Gasteiger charge is -2.10. The standard InChI is InChI=1S/C13H13ClFNO/c1-8-2-5-13(17-8)12(16)7-9-6-10(14)3-4-11(9)15/h2-6,12H,7,16H2,1H3. The average Bonchev–Trinajstić information content (AvgIpc) is 2.70. The molecule has 2 rings (SSSR count). The smallest absolute Gasteiger partial charge is 0.126 e. The average molecular weight is 254 g/mol. The van der Waals surface area contributed by atoms with Gasteiger partial charge in [0.1, 0.15) is 17.3 Å². The van der Waals surface area contributed by atoms with E-state index < -0.39 is 0 Å². The molecule has 1 aromatic carbocycles. The van der Waals surface area contributed by atoms with Gasteiger partial charge in [0.2, 0.25) is 0 Å². The topological polar surface area (TPSA) is 39.2 Å². The summed E-state index contributed by atoms with van der Waals surface area (Å²) in [5, 5.41) is 0.504. The quantitative estimate of drug-likeness (QED) is 0.907. The fourth-order valence-electron chi connectivity index (χ4n) is 1.69. The maximum absolute atomic E-state index is 13.5. The molecular weight excluding hydrogens is 241 g/mol. The molecule has 1 aromatic heterocycles. The molecule has 1 heterocycles. The third kappa shape index (κ3) is 2.87. The molecule has 0 amide bonds. The van der Waals surface area contributed by atoms with E-state index in [1.165, 1.54) is 12.1 Å². The predicted molar refractivity (Wildman–Crippen MR) is 65.5 cm³/mol. The van der Waals surface area contributed by atoms with Gasteiger partial charge in [-0.2, -0.15) is 0 Å². The van der Waals surface area contributed by atoms with Crippen LogP contribution in [0.5, 0.6) is 0 Å². The number of furan rings is 1. The lowest BCUT2D eigenvalue weighted by Crippen LogP contribution is -2.13. The highest BCUT2D eigenvalue weighted by molar-refractivity contribution is 6.30. The van der Waals surface area contributed by atoms with E-state index in [0.29, 0.717) is 22.8 Å². The van der Waals surface area contributed by atoms with Crippen molar-refractivity contribution in [1.29, 1.82) is 0 Å². The SMILES string of the molecule is Cc1ccc(C(N)Cc2cc(Cl)ccc2F)o1. The Bertz CT molecular complexity index is 524. The zero-order chi connectivity index (χ0) is 12.4. The van der Waals surface area contributed by atoms with Gasteiger partial charge in [-0.1, -0.05) is 11.6 Å². The minimum absolute atomic E-state index is 0.298. The summed E-state index contributed by atoms with van der Waals surface area (Å²) in [7, 11) is 0. The van der Waals surface area contributed by atoms with Gasteiger partial charge in [-0.05, 0) is 49.2 Å². The molecule has 90 valence electrons. The fourth-order valence-corrected chi connectivity index (χ4v) is 1.88. The molecule has 2 nitrogen and oxygen atoms in total. The molecule has 0 aliphatic carbocycles. The van der Waals surface area contributed by atoms with Gasteiger partial charge in [0, 0.05) is 5.02 Å². The number of hydrogen-bond donors (Lipinski definition) is 1. The Morgan fingerprint density at radius 1 is 1.35 bits per heavy atom. The van der Waals surface area contributed by atoms with Crippen LogP contribution < -0.4 is 5.73 Å². The van der Waals surface area contributed by atoms with Crippen molar-refractivity contribution in [3.8, 4) is 0 Å². The fraction of sp³-hybridized carbons (Fsp3) is 0.231. The monoisotopic (exact) mass is 253 g/mol. The van der Waals surface area contributed by atoms with Crippen LogP contribution in [0.15, 0.2) is 34.7 Å². The molecule has 0 aliphatic heterocycles. The van der Waals surface area contributed by atoms with Crippen molar-refractivity contribution in [2.24, 2.45) is 5.73 Å². The maximum Gasteiger partial charge on any atom is 0.126 e. The third-order valence-corrected chi connectivity index (χ3v) is 2.81. The molecule has 0 spiro atoms. The van der Waals surface area contributed by atoms with Crippen LogP contribution in [0.4, 0.5) is 4.39 Å². The van der Waals surface area contributed by atoms with Gasteiger partial charge in [-0.15, -0.1) is 0 Å². The summed E-state index contributed by atoms with van der Waals surface area (Å²) in [4.78, 5) is 0. The molecule has 1 unspecified atom stereocenters. The number of aryl methyl sites for hydroxylation is 1. The van der Waals surface area contributed by atoms with Gasteiger partial charge >= 0.3 is 0 Å². The highest BCUT2D eigenvalue weighted by atomic mass is 35.5. The highest BCUT2D eigenvalue weighted by Crippen LogP contribution is 2.22. The lowest BCUT2D eigenvalue weighted by atomic mass is 10.0. The number of rotatable bonds is 3. The number of nitrogens with two attached hydrogens (primary N) is 1. The highest BCUT2D eigenvalue weighted by Gasteiger charge is 2.13. The largest absolute Gasteiger partial charge is 0.465 e. The molecule has 0 saturated heterocycles. The first kappa shape index (κ1) is 12.1. The van der Waals surface area contributed by atoms with Crippen molar-refractivity contribution >= 4 is 11.6 Å². The Morgan fingerprint density at radius 2 is 2.12 bits per heavy atom. The molecule has 0 radical (unpaired) electrons. The van der Waals surface area contributed by atoms with Crippen LogP contribution in [-0.4, -0.2) is 0 Å². The van der Waals surface area contributed by atoms with E-state index in [0.717, 1.165) is 5.76 Å². The van der Waals surface area contributed by atoms with E-state index in [2.05, 4.69) is 0 Å². The van der Waals surface area contributed by atoms with Crippen LogP contribution in [0.2, 0.25) is 5.02 Å². The van der Waals surface area contributed by atoms with E-state index in [9.17, 15) is 4.39 Å². The normalized spacial score (nSPS) is 12.7. The van der Waals surface area contributed by atoms with E-state index in [-0.39, 0.29) is 11.9 Å². The van der Waals surface area contributed by atoms with Crippen LogP contribution in [0.1, 0.15) is 23.1 Å². The van der Waals surface area contributed by atoms with Crippen LogP contribution in [-0.2, 0) is 6.42 Å². The minimum atomic E-state index is -0.364. The molecule has 2 aromatic rings. The van der Waals surface area contributed by atoms with Gasteiger partial charge in [-0.25, -0.2) is 4.39 Å². The Kier molecular flexibility index (Phi) is 3.50. The Labute approximate surface area is 104 Å². The van der Waals surface area contributed by atoms with Crippen molar-refractivity contribution in [2.45, 2.75) is 19.4 Å². The van der Waals surface area contributed by atoms with Crippen molar-refractivity contribution in [3.63, 3.8) is 0 Å². The Morgan fingerprint density at radius 3 is 2.76 bits per heavy atom. The summed E-state index contributed by atoms with van der Waals surface area (Å²) >= 11 is 5.82. The summed E-state index contributed by atoms with van der Waals surface area (Å²) in [5.74, 6) is 1.15. The van der Waals surface area contributed by atoms with Crippen LogP contribution in [0.3, 0.4) is 0 Å². The van der Waals surface area contributed by atoms with Crippen molar-refractivity contribution in [1.82, 2.24) is 0 Å². The van der Waals surface area contributed by atoms with Gasteiger partial charge in [0.05, 0.1) is 6.04 Å². The van der Waals surface area contributed by atoms with Gasteiger partial charge in [0.15, 0.2) is 0 Å². The molecular formula is C13H13ClFNO. The predicted octanol–water partition coefficient (Wildman–Crippen LogP) is 3.62. The minimum Gasteiger partial charge on any atom is -0.465 e. The van der Waals surface area contributed by atoms with E-state index in [1.807, 2.05) is 19.1 Å². The zero-order valence-corrected chi connectivity index (χ0v) is 10.2. The second-order valence-corrected chi connectivity index (χ2v) is 4.43. The summed E-state index contributed by atoms with van der Waals surface area (Å²) in [6.07, 6.45) is 0.360. The Balaban J connectivity index is 2.18.